The number of piperidine rings is 1. The number of aromatic nitrogens is 1. The molecule has 2 aromatic rings. The Morgan fingerprint density at radius 3 is 2.53 bits per heavy atom. The van der Waals surface area contributed by atoms with Gasteiger partial charge in [-0.05, 0) is 68.0 Å². The van der Waals surface area contributed by atoms with Gasteiger partial charge in [0, 0.05) is 56.6 Å². The molecule has 36 heavy (non-hydrogen) atoms. The molecule has 2 atom stereocenters. The number of benzene rings is 1. The van der Waals surface area contributed by atoms with Crippen LogP contribution in [0.3, 0.4) is 0 Å². The zero-order valence-electron chi connectivity index (χ0n) is 22.0. The first-order valence-electron chi connectivity index (χ1n) is 13.4. The summed E-state index contributed by atoms with van der Waals surface area (Å²) in [5, 5.41) is 6.91. The maximum atomic E-state index is 12.5. The van der Waals surface area contributed by atoms with E-state index < -0.39 is 0 Å². The monoisotopic (exact) mass is 495 g/mol. The molecule has 0 aliphatic carbocycles. The summed E-state index contributed by atoms with van der Waals surface area (Å²) in [6.45, 7) is 13.8. The van der Waals surface area contributed by atoms with Crippen LogP contribution < -0.4 is 15.5 Å². The summed E-state index contributed by atoms with van der Waals surface area (Å²) in [6, 6.07) is 7.87. The van der Waals surface area contributed by atoms with Gasteiger partial charge in [0.1, 0.15) is 5.82 Å². The molecule has 1 aromatic heterocycles. The molecule has 1 aromatic carbocycles. The van der Waals surface area contributed by atoms with E-state index in [-0.39, 0.29) is 24.7 Å². The summed E-state index contributed by atoms with van der Waals surface area (Å²) >= 11 is 0. The fourth-order valence-corrected chi connectivity index (χ4v) is 5.45. The summed E-state index contributed by atoms with van der Waals surface area (Å²) in [7, 11) is 0. The lowest BCUT2D eigenvalue weighted by molar-refractivity contribution is -0.124. The van der Waals surface area contributed by atoms with E-state index in [2.05, 4.69) is 47.3 Å². The first-order chi connectivity index (χ1) is 17.4. The van der Waals surface area contributed by atoms with Gasteiger partial charge >= 0.3 is 0 Å². The van der Waals surface area contributed by atoms with Crippen LogP contribution in [0.25, 0.3) is 10.9 Å². The SMILES string of the molecule is Cc1cc(N2CCOCC2)nc2ccc(NC(=O)CCC(=O)NCCCN3CC(C)CC(C)C3)cc12. The van der Waals surface area contributed by atoms with Gasteiger partial charge in [-0.3, -0.25) is 9.59 Å². The normalized spacial score (nSPS) is 20.9. The average molecular weight is 496 g/mol. The molecule has 2 aliphatic heterocycles. The number of aryl methyl sites for hydroxylation is 1. The number of hydrogen-bond donors (Lipinski definition) is 2. The number of pyridine rings is 1. The maximum absolute atomic E-state index is 12.5. The number of likely N-dealkylation sites (tertiary alicyclic amines) is 1. The summed E-state index contributed by atoms with van der Waals surface area (Å²) in [4.78, 5) is 34.2. The summed E-state index contributed by atoms with van der Waals surface area (Å²) in [6.07, 6.45) is 2.61. The molecule has 2 N–H and O–H groups in total. The van der Waals surface area contributed by atoms with E-state index >= 15 is 0 Å². The second-order valence-electron chi connectivity index (χ2n) is 10.6. The van der Waals surface area contributed by atoms with Crippen molar-refractivity contribution in [1.29, 1.82) is 0 Å². The average Bonchev–Trinajstić information content (AvgIpc) is 2.85. The zero-order valence-corrected chi connectivity index (χ0v) is 22.0. The molecular weight excluding hydrogens is 454 g/mol. The van der Waals surface area contributed by atoms with Crippen LogP contribution in [0.5, 0.6) is 0 Å². The quantitative estimate of drug-likeness (QED) is 0.517. The smallest absolute Gasteiger partial charge is 0.224 e. The Morgan fingerprint density at radius 2 is 1.78 bits per heavy atom. The van der Waals surface area contributed by atoms with E-state index in [4.69, 9.17) is 9.72 Å². The Kier molecular flexibility index (Phi) is 9.15. The molecule has 3 heterocycles. The lowest BCUT2D eigenvalue weighted by atomic mass is 9.92. The van der Waals surface area contributed by atoms with Crippen LogP contribution in [-0.4, -0.2) is 74.2 Å². The maximum Gasteiger partial charge on any atom is 0.224 e. The molecule has 0 spiro atoms. The van der Waals surface area contributed by atoms with Crippen molar-refractivity contribution in [2.24, 2.45) is 11.8 Å². The molecule has 0 radical (unpaired) electrons. The predicted molar refractivity (Wildman–Crippen MR) is 144 cm³/mol. The van der Waals surface area contributed by atoms with Gasteiger partial charge in [-0.1, -0.05) is 13.8 Å². The number of amides is 2. The Labute approximate surface area is 214 Å². The van der Waals surface area contributed by atoms with Crippen molar-refractivity contribution in [3.05, 3.63) is 29.8 Å². The minimum atomic E-state index is -0.156. The van der Waals surface area contributed by atoms with Gasteiger partial charge in [0.25, 0.3) is 0 Å². The lowest BCUT2D eigenvalue weighted by Gasteiger charge is -2.34. The standard InChI is InChI=1S/C28H41N5O3/c1-20-15-21(2)19-32(18-20)10-4-9-29-27(34)7-8-28(35)30-23-5-6-25-24(17-23)22(3)16-26(31-25)33-11-13-36-14-12-33/h5-6,16-17,20-21H,4,7-15,18-19H2,1-3H3,(H,29,34)(H,30,35). The fourth-order valence-electron chi connectivity index (χ4n) is 5.45. The van der Waals surface area contributed by atoms with Crippen molar-refractivity contribution in [3.63, 3.8) is 0 Å². The van der Waals surface area contributed by atoms with Crippen molar-refractivity contribution in [1.82, 2.24) is 15.2 Å². The van der Waals surface area contributed by atoms with E-state index in [0.717, 1.165) is 92.2 Å². The number of anilines is 2. The number of carbonyl (C=O) groups is 2. The topological polar surface area (TPSA) is 86.8 Å². The summed E-state index contributed by atoms with van der Waals surface area (Å²) < 4.78 is 5.44. The van der Waals surface area contributed by atoms with Crippen LogP contribution in [0, 0.1) is 18.8 Å². The van der Waals surface area contributed by atoms with Crippen LogP contribution in [0.4, 0.5) is 11.5 Å². The van der Waals surface area contributed by atoms with Crippen molar-refractivity contribution in [3.8, 4) is 0 Å². The van der Waals surface area contributed by atoms with E-state index in [0.29, 0.717) is 6.54 Å². The molecular formula is C28H41N5O3. The molecule has 8 nitrogen and oxygen atoms in total. The number of hydrogen-bond acceptors (Lipinski definition) is 6. The van der Waals surface area contributed by atoms with E-state index in [1.54, 1.807) is 0 Å². The molecule has 4 rings (SSSR count). The van der Waals surface area contributed by atoms with Crippen LogP contribution in [-0.2, 0) is 14.3 Å². The third kappa shape index (κ3) is 7.40. The Balaban J connectivity index is 1.20. The molecule has 196 valence electrons. The van der Waals surface area contributed by atoms with Gasteiger partial charge in [-0.25, -0.2) is 4.98 Å². The highest BCUT2D eigenvalue weighted by atomic mass is 16.5. The predicted octanol–water partition coefficient (Wildman–Crippen LogP) is 3.58. The van der Waals surface area contributed by atoms with Gasteiger partial charge in [0.05, 0.1) is 18.7 Å². The fraction of sp³-hybridized carbons (Fsp3) is 0.607. The molecule has 2 unspecified atom stereocenters. The highest BCUT2D eigenvalue weighted by Crippen LogP contribution is 2.26. The number of fused-ring (bicyclic) bond motifs is 1. The number of nitrogens with zero attached hydrogens (tertiary/aromatic N) is 3. The molecule has 8 heteroatoms. The van der Waals surface area contributed by atoms with Gasteiger partial charge in [0.15, 0.2) is 0 Å². The second kappa shape index (κ2) is 12.5. The van der Waals surface area contributed by atoms with Crippen LogP contribution in [0.1, 0.15) is 45.1 Å². The highest BCUT2D eigenvalue weighted by Gasteiger charge is 2.21. The molecule has 2 fully saturated rings. The second-order valence-corrected chi connectivity index (χ2v) is 10.6. The minimum Gasteiger partial charge on any atom is -0.378 e. The number of nitrogens with one attached hydrogen (secondary N) is 2. The third-order valence-electron chi connectivity index (χ3n) is 7.12. The number of ether oxygens (including phenoxy) is 1. The Bertz CT molecular complexity index is 1040. The van der Waals surface area contributed by atoms with Crippen molar-refractivity contribution in [2.75, 3.05) is 62.7 Å². The van der Waals surface area contributed by atoms with Gasteiger partial charge in [-0.2, -0.15) is 0 Å². The van der Waals surface area contributed by atoms with Crippen LogP contribution >= 0.6 is 0 Å². The van der Waals surface area contributed by atoms with E-state index in [1.165, 1.54) is 6.42 Å². The van der Waals surface area contributed by atoms with Gasteiger partial charge in [0.2, 0.25) is 11.8 Å². The highest BCUT2D eigenvalue weighted by molar-refractivity contribution is 5.96. The number of morpholine rings is 1. The lowest BCUT2D eigenvalue weighted by Crippen LogP contribution is -2.40. The Morgan fingerprint density at radius 1 is 1.06 bits per heavy atom. The number of rotatable bonds is 9. The van der Waals surface area contributed by atoms with Gasteiger partial charge in [-0.15, -0.1) is 0 Å². The van der Waals surface area contributed by atoms with Gasteiger partial charge < -0.3 is 25.2 Å². The molecule has 2 saturated heterocycles. The molecule has 0 saturated carbocycles. The first-order valence-corrected chi connectivity index (χ1v) is 13.4. The van der Waals surface area contributed by atoms with E-state index in [9.17, 15) is 9.59 Å². The number of carbonyl (C=O) groups excluding carboxylic acids is 2. The van der Waals surface area contributed by atoms with Crippen molar-refractivity contribution in [2.45, 2.75) is 46.5 Å². The van der Waals surface area contributed by atoms with Crippen LogP contribution in [0.2, 0.25) is 0 Å². The van der Waals surface area contributed by atoms with Crippen molar-refractivity contribution >= 4 is 34.2 Å². The molecule has 2 amide bonds. The largest absolute Gasteiger partial charge is 0.378 e. The molecule has 2 aliphatic rings. The first kappa shape index (κ1) is 26.4. The third-order valence-corrected chi connectivity index (χ3v) is 7.12. The summed E-state index contributed by atoms with van der Waals surface area (Å²) in [5.41, 5.74) is 2.75. The molecule has 0 bridgehead atoms. The van der Waals surface area contributed by atoms with E-state index in [1.807, 2.05) is 18.2 Å². The van der Waals surface area contributed by atoms with Crippen molar-refractivity contribution < 1.29 is 14.3 Å². The van der Waals surface area contributed by atoms with Crippen LogP contribution in [0.15, 0.2) is 24.3 Å². The zero-order chi connectivity index (χ0) is 25.5. The minimum absolute atomic E-state index is 0.0697. The Hall–Kier alpha value is -2.71. The summed E-state index contributed by atoms with van der Waals surface area (Å²) in [5.74, 6) is 2.23.